The van der Waals surface area contributed by atoms with E-state index in [2.05, 4.69) is 5.32 Å². The fourth-order valence-corrected chi connectivity index (χ4v) is 3.76. The molecule has 2 aliphatic rings. The van der Waals surface area contributed by atoms with Crippen LogP contribution in [0.2, 0.25) is 0 Å². The molecule has 1 aliphatic heterocycles. The molecule has 170 valence electrons. The Labute approximate surface area is 181 Å². The summed E-state index contributed by atoms with van der Waals surface area (Å²) in [5, 5.41) is 2.62. The average Bonchev–Trinajstić information content (AvgIpc) is 3.45. The van der Waals surface area contributed by atoms with E-state index < -0.39 is 23.7 Å². The van der Waals surface area contributed by atoms with Crippen molar-refractivity contribution in [1.82, 2.24) is 4.90 Å². The first-order valence-electron chi connectivity index (χ1n) is 10.6. The highest BCUT2D eigenvalue weighted by Crippen LogP contribution is 2.32. The van der Waals surface area contributed by atoms with Gasteiger partial charge in [-0.25, -0.2) is 4.39 Å². The van der Waals surface area contributed by atoms with Crippen molar-refractivity contribution in [2.75, 3.05) is 43.1 Å². The van der Waals surface area contributed by atoms with E-state index in [1.165, 1.54) is 17.0 Å². The molecule has 3 N–H and O–H groups in total. The van der Waals surface area contributed by atoms with Gasteiger partial charge >= 0.3 is 0 Å². The van der Waals surface area contributed by atoms with Crippen LogP contribution in [0.4, 0.5) is 15.8 Å². The molecular formula is C22H31FN4O4. The molecule has 0 bridgehead atoms. The monoisotopic (exact) mass is 434 g/mol. The summed E-state index contributed by atoms with van der Waals surface area (Å²) < 4.78 is 19.8. The molecule has 1 saturated carbocycles. The molecule has 2 fully saturated rings. The van der Waals surface area contributed by atoms with Crippen LogP contribution in [0.15, 0.2) is 18.2 Å². The van der Waals surface area contributed by atoms with Gasteiger partial charge in [-0.2, -0.15) is 0 Å². The highest BCUT2D eigenvalue weighted by atomic mass is 19.1. The maximum atomic E-state index is 14.7. The minimum Gasteiger partial charge on any atom is -0.370 e. The lowest BCUT2D eigenvalue weighted by atomic mass is 9.94. The van der Waals surface area contributed by atoms with Gasteiger partial charge in [0.2, 0.25) is 5.91 Å². The molecule has 1 heterocycles. The smallest absolute Gasteiger partial charge is 0.253 e. The molecule has 0 aromatic heterocycles. The number of primary amides is 1. The van der Waals surface area contributed by atoms with Gasteiger partial charge in [0, 0.05) is 25.3 Å². The number of carbonyl (C=O) groups is 3. The summed E-state index contributed by atoms with van der Waals surface area (Å²) in [7, 11) is 0. The zero-order chi connectivity index (χ0) is 22.8. The first kappa shape index (κ1) is 23.1. The van der Waals surface area contributed by atoms with Crippen LogP contribution in [-0.2, 0) is 19.1 Å². The number of amides is 3. The Balaban J connectivity index is 1.76. The van der Waals surface area contributed by atoms with Crippen molar-refractivity contribution in [3.8, 4) is 0 Å². The molecule has 8 nitrogen and oxygen atoms in total. The van der Waals surface area contributed by atoms with Crippen LogP contribution in [0.1, 0.15) is 33.6 Å². The quantitative estimate of drug-likeness (QED) is 0.607. The molecule has 3 rings (SSSR count). The number of hydrogen-bond acceptors (Lipinski definition) is 5. The Bertz CT molecular complexity index is 850. The molecule has 9 heteroatoms. The lowest BCUT2D eigenvalue weighted by molar-refractivity contribution is -0.133. The van der Waals surface area contributed by atoms with Gasteiger partial charge in [0.05, 0.1) is 12.3 Å². The molecule has 3 amide bonds. The number of benzene rings is 1. The van der Waals surface area contributed by atoms with Gasteiger partial charge in [-0.3, -0.25) is 19.3 Å². The maximum Gasteiger partial charge on any atom is 0.253 e. The van der Waals surface area contributed by atoms with E-state index in [0.29, 0.717) is 25.6 Å². The number of hydrogen-bond donors (Lipinski definition) is 2. The molecule has 0 radical (unpaired) electrons. The van der Waals surface area contributed by atoms with E-state index in [0.717, 1.165) is 18.9 Å². The third-order valence-electron chi connectivity index (χ3n) is 5.24. The second-order valence-corrected chi connectivity index (χ2v) is 9.49. The summed E-state index contributed by atoms with van der Waals surface area (Å²) in [6.07, 6.45) is 2.14. The number of nitrogens with two attached hydrogens (primary N) is 1. The van der Waals surface area contributed by atoms with Crippen molar-refractivity contribution < 1.29 is 23.5 Å². The van der Waals surface area contributed by atoms with E-state index in [-0.39, 0.29) is 35.8 Å². The number of halogens is 1. The summed E-state index contributed by atoms with van der Waals surface area (Å²) in [5.41, 5.74) is 5.79. The highest BCUT2D eigenvalue weighted by Gasteiger charge is 2.37. The molecule has 0 spiro atoms. The molecule has 0 unspecified atom stereocenters. The van der Waals surface area contributed by atoms with Crippen molar-refractivity contribution in [1.29, 1.82) is 0 Å². The van der Waals surface area contributed by atoms with Gasteiger partial charge < -0.3 is 20.7 Å². The summed E-state index contributed by atoms with van der Waals surface area (Å²) in [4.78, 5) is 40.3. The van der Waals surface area contributed by atoms with Crippen molar-refractivity contribution in [2.45, 2.75) is 39.7 Å². The molecule has 1 atom stereocenters. The lowest BCUT2D eigenvalue weighted by Crippen LogP contribution is -2.54. The fourth-order valence-electron chi connectivity index (χ4n) is 3.76. The number of morpholine rings is 1. The Hall–Kier alpha value is -2.52. The second-order valence-electron chi connectivity index (χ2n) is 9.49. The predicted molar refractivity (Wildman–Crippen MR) is 115 cm³/mol. The predicted octanol–water partition coefficient (Wildman–Crippen LogP) is 1.74. The summed E-state index contributed by atoms with van der Waals surface area (Å²) in [6, 6.07) is 2.93. The average molecular weight is 435 g/mol. The van der Waals surface area contributed by atoms with Gasteiger partial charge in [-0.15, -0.1) is 0 Å². The lowest BCUT2D eigenvalue weighted by Gasteiger charge is -2.34. The number of rotatable bonds is 8. The Morgan fingerprint density at radius 3 is 2.61 bits per heavy atom. The standard InChI is InChI=1S/C22H31FN4O4/c1-22(2,3)13-26(11-14-4-5-14)19(20(24)29)21(30)25-15-6-7-17(16(23)10-15)27-8-9-31-12-18(27)28/h6-7,10,14,19H,4-5,8-9,11-13H2,1-3H3,(H2,24,29)(H,25,30)/t19-/m0/s1. The molecule has 1 aromatic carbocycles. The van der Waals surface area contributed by atoms with Crippen molar-refractivity contribution >= 4 is 29.1 Å². The summed E-state index contributed by atoms with van der Waals surface area (Å²) >= 11 is 0. The zero-order valence-electron chi connectivity index (χ0n) is 18.3. The zero-order valence-corrected chi connectivity index (χ0v) is 18.3. The van der Waals surface area contributed by atoms with E-state index in [1.54, 1.807) is 0 Å². The fraction of sp³-hybridized carbons (Fsp3) is 0.591. The molecule has 1 aromatic rings. The van der Waals surface area contributed by atoms with Crippen LogP contribution >= 0.6 is 0 Å². The maximum absolute atomic E-state index is 14.7. The topological polar surface area (TPSA) is 105 Å². The Kier molecular flexibility index (Phi) is 6.96. The minimum absolute atomic E-state index is 0.0944. The second kappa shape index (κ2) is 9.32. The van der Waals surface area contributed by atoms with Gasteiger partial charge in [-0.05, 0) is 42.4 Å². The number of carbonyl (C=O) groups excluding carboxylic acids is 3. The third kappa shape index (κ3) is 6.24. The number of ether oxygens (including phenoxy) is 1. The minimum atomic E-state index is -1.15. The Morgan fingerprint density at radius 1 is 1.35 bits per heavy atom. The Morgan fingerprint density at radius 2 is 2.06 bits per heavy atom. The van der Waals surface area contributed by atoms with E-state index in [4.69, 9.17) is 10.5 Å². The summed E-state index contributed by atoms with van der Waals surface area (Å²) in [5.74, 6) is -1.84. The van der Waals surface area contributed by atoms with Gasteiger partial charge in [-0.1, -0.05) is 20.8 Å². The number of anilines is 2. The van der Waals surface area contributed by atoms with Gasteiger partial charge in [0.15, 0.2) is 6.04 Å². The summed E-state index contributed by atoms with van der Waals surface area (Å²) in [6.45, 7) is 7.73. The SMILES string of the molecule is CC(C)(C)CN(CC1CC1)[C@@H](C(N)=O)C(=O)Nc1ccc(N2CCOCC2=O)c(F)c1. The first-order chi connectivity index (χ1) is 14.5. The van der Waals surface area contributed by atoms with Crippen LogP contribution in [0.5, 0.6) is 0 Å². The first-order valence-corrected chi connectivity index (χ1v) is 10.6. The molecule has 31 heavy (non-hydrogen) atoms. The van der Waals surface area contributed by atoms with Crippen LogP contribution in [0.3, 0.4) is 0 Å². The molecular weight excluding hydrogens is 403 g/mol. The van der Waals surface area contributed by atoms with Crippen LogP contribution < -0.4 is 16.0 Å². The van der Waals surface area contributed by atoms with Crippen LogP contribution in [-0.4, -0.2) is 61.5 Å². The number of nitrogens with zero attached hydrogens (tertiary/aromatic N) is 2. The highest BCUT2D eigenvalue weighted by molar-refractivity contribution is 6.09. The number of nitrogens with one attached hydrogen (secondary N) is 1. The van der Waals surface area contributed by atoms with Crippen LogP contribution in [0.25, 0.3) is 0 Å². The van der Waals surface area contributed by atoms with Crippen molar-refractivity contribution in [3.63, 3.8) is 0 Å². The van der Waals surface area contributed by atoms with Gasteiger partial charge in [0.1, 0.15) is 12.4 Å². The van der Waals surface area contributed by atoms with E-state index >= 15 is 0 Å². The van der Waals surface area contributed by atoms with Crippen LogP contribution in [0, 0.1) is 17.2 Å². The van der Waals surface area contributed by atoms with Crippen molar-refractivity contribution in [2.24, 2.45) is 17.1 Å². The molecule has 1 aliphatic carbocycles. The normalized spacial score (nSPS) is 18.2. The van der Waals surface area contributed by atoms with Gasteiger partial charge in [0.25, 0.3) is 11.8 Å². The van der Waals surface area contributed by atoms with E-state index in [9.17, 15) is 18.8 Å². The molecule has 1 saturated heterocycles. The largest absolute Gasteiger partial charge is 0.370 e. The third-order valence-corrected chi connectivity index (χ3v) is 5.24. The van der Waals surface area contributed by atoms with Crippen molar-refractivity contribution in [3.05, 3.63) is 24.0 Å². The van der Waals surface area contributed by atoms with E-state index in [1.807, 2.05) is 25.7 Å².